The quantitative estimate of drug-likeness (QED) is 0.605. The number of pyridine rings is 1. The van der Waals surface area contributed by atoms with E-state index < -0.39 is 17.5 Å². The Morgan fingerprint density at radius 3 is 2.60 bits per heavy atom. The number of alkyl halides is 3. The molecule has 1 aliphatic heterocycles. The van der Waals surface area contributed by atoms with Crippen molar-refractivity contribution in [3.8, 4) is 0 Å². The zero-order valence-corrected chi connectivity index (χ0v) is 16.1. The molecule has 1 aliphatic rings. The fourth-order valence-corrected chi connectivity index (χ4v) is 3.50. The van der Waals surface area contributed by atoms with E-state index in [0.717, 1.165) is 12.1 Å². The predicted octanol–water partition coefficient (Wildman–Crippen LogP) is 2.55. The van der Waals surface area contributed by atoms with Gasteiger partial charge in [0, 0.05) is 50.7 Å². The minimum absolute atomic E-state index is 0.153. The molecule has 3 aromatic rings. The van der Waals surface area contributed by atoms with E-state index in [1.54, 1.807) is 6.07 Å². The van der Waals surface area contributed by atoms with Gasteiger partial charge in [-0.05, 0) is 24.3 Å². The van der Waals surface area contributed by atoms with Crippen LogP contribution >= 0.6 is 0 Å². The van der Waals surface area contributed by atoms with Crippen LogP contribution in [0.4, 0.5) is 18.9 Å². The molecule has 1 aromatic carbocycles. The van der Waals surface area contributed by atoms with E-state index in [4.69, 9.17) is 4.42 Å². The molecule has 30 heavy (non-hydrogen) atoms. The number of aryl methyl sites for hydroxylation is 1. The Labute approximate surface area is 169 Å². The average molecular weight is 420 g/mol. The lowest BCUT2D eigenvalue weighted by atomic mass is 10.1. The molecule has 158 valence electrons. The Hall–Kier alpha value is -3.14. The largest absolute Gasteiger partial charge is 0.420 e. The van der Waals surface area contributed by atoms with Gasteiger partial charge in [-0.2, -0.15) is 13.2 Å². The number of hydrogen-bond donors (Lipinski definition) is 0. The lowest BCUT2D eigenvalue weighted by Gasteiger charge is -2.36. The summed E-state index contributed by atoms with van der Waals surface area (Å²) in [6.45, 7) is 2.26. The number of carbonyl (C=O) groups excluding carboxylic acids is 1. The summed E-state index contributed by atoms with van der Waals surface area (Å²) in [7, 11) is 1.53. The van der Waals surface area contributed by atoms with E-state index in [0.29, 0.717) is 43.1 Å². The first-order chi connectivity index (χ1) is 14.2. The highest BCUT2D eigenvalue weighted by Crippen LogP contribution is 2.31. The monoisotopic (exact) mass is 420 g/mol. The Morgan fingerprint density at radius 2 is 1.90 bits per heavy atom. The van der Waals surface area contributed by atoms with Gasteiger partial charge in [0.2, 0.25) is 0 Å². The van der Waals surface area contributed by atoms with Gasteiger partial charge < -0.3 is 9.32 Å². The number of Topliss-reactive ketones (excluding diaryl/α,β-unsaturated/α-hetero) is 1. The standard InChI is InChI=1S/C20H19F3N4O3/c1-25-18-17(30-19(25)29)9-13(11-24-18)16(28)12-26-5-7-27(8-6-26)15-4-2-3-14(10-15)20(21,22)23/h2-4,9-11H,5-8,12H2,1H3. The Kier molecular flexibility index (Phi) is 5.10. The summed E-state index contributed by atoms with van der Waals surface area (Å²) >= 11 is 0. The van der Waals surface area contributed by atoms with Crippen LogP contribution in [0.1, 0.15) is 15.9 Å². The molecule has 0 radical (unpaired) electrons. The molecule has 0 amide bonds. The number of hydrogen-bond acceptors (Lipinski definition) is 6. The number of carbonyl (C=O) groups is 1. The van der Waals surface area contributed by atoms with E-state index in [1.165, 1.54) is 29.9 Å². The first kappa shape index (κ1) is 20.1. The first-order valence-electron chi connectivity index (χ1n) is 9.36. The summed E-state index contributed by atoms with van der Waals surface area (Å²) in [6, 6.07) is 6.77. The number of halogens is 3. The van der Waals surface area contributed by atoms with E-state index in [-0.39, 0.29) is 17.9 Å². The van der Waals surface area contributed by atoms with Crippen LogP contribution in [0.2, 0.25) is 0 Å². The molecule has 0 bridgehead atoms. The molecule has 10 heteroatoms. The van der Waals surface area contributed by atoms with Crippen LogP contribution in [0.5, 0.6) is 0 Å². The highest BCUT2D eigenvalue weighted by atomic mass is 19.4. The highest BCUT2D eigenvalue weighted by Gasteiger charge is 2.31. The fourth-order valence-electron chi connectivity index (χ4n) is 3.50. The molecule has 1 fully saturated rings. The van der Waals surface area contributed by atoms with E-state index in [2.05, 4.69) is 4.98 Å². The second-order valence-electron chi connectivity index (χ2n) is 7.21. The van der Waals surface area contributed by atoms with Gasteiger partial charge in [-0.1, -0.05) is 6.07 Å². The maximum Gasteiger partial charge on any atom is 0.420 e. The first-order valence-corrected chi connectivity index (χ1v) is 9.36. The van der Waals surface area contributed by atoms with E-state index in [9.17, 15) is 22.8 Å². The van der Waals surface area contributed by atoms with Crippen molar-refractivity contribution in [3.63, 3.8) is 0 Å². The lowest BCUT2D eigenvalue weighted by molar-refractivity contribution is -0.137. The molecule has 0 N–H and O–H groups in total. The van der Waals surface area contributed by atoms with Crippen LogP contribution in [0.25, 0.3) is 11.2 Å². The fraction of sp³-hybridized carbons (Fsp3) is 0.350. The van der Waals surface area contributed by atoms with Crippen molar-refractivity contribution in [2.45, 2.75) is 6.18 Å². The van der Waals surface area contributed by atoms with Crippen LogP contribution in [0, 0.1) is 0 Å². The van der Waals surface area contributed by atoms with Crippen molar-refractivity contribution in [1.29, 1.82) is 0 Å². The smallest absolute Gasteiger partial charge is 0.406 e. The maximum atomic E-state index is 12.9. The third-order valence-electron chi connectivity index (χ3n) is 5.22. The molecule has 4 rings (SSSR count). The van der Waals surface area contributed by atoms with Crippen molar-refractivity contribution in [2.75, 3.05) is 37.6 Å². The lowest BCUT2D eigenvalue weighted by Crippen LogP contribution is -2.48. The van der Waals surface area contributed by atoms with Crippen LogP contribution in [-0.2, 0) is 13.2 Å². The summed E-state index contributed by atoms with van der Waals surface area (Å²) in [5, 5.41) is 0. The van der Waals surface area contributed by atoms with Crippen LogP contribution in [0.15, 0.2) is 45.7 Å². The van der Waals surface area contributed by atoms with Crippen molar-refractivity contribution in [2.24, 2.45) is 7.05 Å². The summed E-state index contributed by atoms with van der Waals surface area (Å²) < 4.78 is 45.1. The maximum absolute atomic E-state index is 12.9. The van der Waals surface area contributed by atoms with Gasteiger partial charge in [-0.3, -0.25) is 14.3 Å². The number of anilines is 1. The number of piperazine rings is 1. The molecule has 0 unspecified atom stereocenters. The van der Waals surface area contributed by atoms with Crippen molar-refractivity contribution >= 4 is 22.7 Å². The van der Waals surface area contributed by atoms with Crippen LogP contribution in [-0.4, -0.2) is 53.0 Å². The molecule has 0 aliphatic carbocycles. The van der Waals surface area contributed by atoms with Crippen LogP contribution < -0.4 is 10.7 Å². The number of ketones is 1. The number of oxazole rings is 1. The van der Waals surface area contributed by atoms with Gasteiger partial charge in [0.05, 0.1) is 12.1 Å². The van der Waals surface area contributed by atoms with E-state index >= 15 is 0 Å². The minimum atomic E-state index is -4.38. The summed E-state index contributed by atoms with van der Waals surface area (Å²) in [6.07, 6.45) is -2.96. The molecule has 3 heterocycles. The second kappa shape index (κ2) is 7.60. The van der Waals surface area contributed by atoms with Gasteiger partial charge in [0.1, 0.15) is 0 Å². The zero-order valence-electron chi connectivity index (χ0n) is 16.1. The van der Waals surface area contributed by atoms with Gasteiger partial charge in [0.25, 0.3) is 0 Å². The van der Waals surface area contributed by atoms with Crippen molar-refractivity contribution in [1.82, 2.24) is 14.5 Å². The number of fused-ring (bicyclic) bond motifs is 1. The molecular weight excluding hydrogens is 401 g/mol. The molecule has 7 nitrogen and oxygen atoms in total. The van der Waals surface area contributed by atoms with Gasteiger partial charge in [-0.15, -0.1) is 0 Å². The predicted molar refractivity (Wildman–Crippen MR) is 104 cm³/mol. The molecule has 0 atom stereocenters. The van der Waals surface area contributed by atoms with Crippen molar-refractivity contribution in [3.05, 3.63) is 58.2 Å². The second-order valence-corrected chi connectivity index (χ2v) is 7.21. The SMILES string of the molecule is Cn1c(=O)oc2cc(C(=O)CN3CCN(c4cccc(C(F)(F)F)c4)CC3)cnc21. The van der Waals surface area contributed by atoms with E-state index in [1.807, 2.05) is 9.80 Å². The Balaban J connectivity index is 1.39. The molecule has 0 saturated carbocycles. The summed E-state index contributed by atoms with van der Waals surface area (Å²) in [5.74, 6) is -0.712. The Morgan fingerprint density at radius 1 is 1.17 bits per heavy atom. The minimum Gasteiger partial charge on any atom is -0.406 e. The molecule has 2 aromatic heterocycles. The number of nitrogens with zero attached hydrogens (tertiary/aromatic N) is 4. The highest BCUT2D eigenvalue weighted by molar-refractivity contribution is 5.99. The number of rotatable bonds is 4. The zero-order chi connectivity index (χ0) is 21.5. The Bertz CT molecular complexity index is 1140. The molecule has 1 saturated heterocycles. The van der Waals surface area contributed by atoms with Gasteiger partial charge in [-0.25, -0.2) is 9.78 Å². The van der Waals surface area contributed by atoms with Crippen LogP contribution in [0.3, 0.4) is 0 Å². The van der Waals surface area contributed by atoms with Gasteiger partial charge >= 0.3 is 11.9 Å². The van der Waals surface area contributed by atoms with Gasteiger partial charge in [0.15, 0.2) is 17.0 Å². The number of benzene rings is 1. The third-order valence-corrected chi connectivity index (χ3v) is 5.22. The number of aromatic nitrogens is 2. The average Bonchev–Trinajstić information content (AvgIpc) is 3.01. The molecular formula is C20H19F3N4O3. The van der Waals surface area contributed by atoms with Crippen molar-refractivity contribution < 1.29 is 22.4 Å². The normalized spacial score (nSPS) is 15.7. The summed E-state index contributed by atoms with van der Waals surface area (Å²) in [4.78, 5) is 32.1. The summed E-state index contributed by atoms with van der Waals surface area (Å²) in [5.41, 5.74) is 0.809. The topological polar surface area (TPSA) is 71.6 Å². The third kappa shape index (κ3) is 3.95. The molecule has 0 spiro atoms.